The van der Waals surface area contributed by atoms with Crippen LogP contribution >= 0.6 is 0 Å². The number of ether oxygens (including phenoxy) is 1. The van der Waals surface area contributed by atoms with Gasteiger partial charge >= 0.3 is 5.97 Å². The summed E-state index contributed by atoms with van der Waals surface area (Å²) in [7, 11) is 0. The molecule has 0 aromatic heterocycles. The fourth-order valence-corrected chi connectivity index (χ4v) is 0.919. The minimum atomic E-state index is -2.34. The van der Waals surface area contributed by atoms with Crippen molar-refractivity contribution < 1.29 is 31.5 Å². The smallest absolute Gasteiger partial charge is 0.349 e. The van der Waals surface area contributed by atoms with Gasteiger partial charge in [0.2, 0.25) is 5.82 Å². The van der Waals surface area contributed by atoms with Gasteiger partial charge in [0.1, 0.15) is 5.56 Å². The Hall–Kier alpha value is -1.92. The van der Waals surface area contributed by atoms with E-state index < -0.39 is 40.6 Å². The predicted molar refractivity (Wildman–Crippen MR) is 41.8 cm³/mol. The normalized spacial score (nSPS) is 10.1. The maximum atomic E-state index is 12.9. The highest BCUT2D eigenvalue weighted by molar-refractivity contribution is 5.90. The molecule has 1 aromatic rings. The Morgan fingerprint density at radius 3 is 1.69 bits per heavy atom. The molecule has 7 heteroatoms. The van der Waals surface area contributed by atoms with Crippen molar-refractivity contribution >= 4 is 5.97 Å². The van der Waals surface area contributed by atoms with E-state index in [4.69, 9.17) is 0 Å². The van der Waals surface area contributed by atoms with E-state index in [0.717, 1.165) is 0 Å². The lowest BCUT2D eigenvalue weighted by Gasteiger charge is -2.05. The van der Waals surface area contributed by atoms with Crippen molar-refractivity contribution in [1.29, 1.82) is 0 Å². The molecular formula is C9H3F5O2. The van der Waals surface area contributed by atoms with Crippen LogP contribution in [0.4, 0.5) is 22.0 Å². The summed E-state index contributed by atoms with van der Waals surface area (Å²) in [6.07, 6.45) is 0.500. The summed E-state index contributed by atoms with van der Waals surface area (Å²) < 4.78 is 67.5. The van der Waals surface area contributed by atoms with E-state index in [1.165, 1.54) is 0 Å². The van der Waals surface area contributed by atoms with Gasteiger partial charge in [-0.3, -0.25) is 0 Å². The molecule has 86 valence electrons. The van der Waals surface area contributed by atoms with E-state index in [1.54, 1.807) is 0 Å². The van der Waals surface area contributed by atoms with Gasteiger partial charge in [-0.2, -0.15) is 0 Å². The van der Waals surface area contributed by atoms with Crippen LogP contribution in [0.2, 0.25) is 0 Å². The molecule has 0 aliphatic heterocycles. The van der Waals surface area contributed by atoms with Crippen LogP contribution < -0.4 is 0 Å². The van der Waals surface area contributed by atoms with E-state index in [1.807, 2.05) is 0 Å². The third-order valence-corrected chi connectivity index (χ3v) is 1.60. The van der Waals surface area contributed by atoms with Crippen LogP contribution in [0.1, 0.15) is 10.4 Å². The monoisotopic (exact) mass is 238 g/mol. The number of carbonyl (C=O) groups is 1. The van der Waals surface area contributed by atoms with Crippen molar-refractivity contribution in [3.8, 4) is 0 Å². The van der Waals surface area contributed by atoms with Gasteiger partial charge in [-0.05, 0) is 0 Å². The van der Waals surface area contributed by atoms with Gasteiger partial charge in [-0.15, -0.1) is 0 Å². The van der Waals surface area contributed by atoms with E-state index in [0.29, 0.717) is 6.26 Å². The van der Waals surface area contributed by atoms with Gasteiger partial charge in [-0.1, -0.05) is 6.58 Å². The molecule has 0 unspecified atom stereocenters. The van der Waals surface area contributed by atoms with Crippen LogP contribution in [-0.2, 0) is 4.74 Å². The second-order valence-electron chi connectivity index (χ2n) is 2.52. The largest absolute Gasteiger partial charge is 0.431 e. The third kappa shape index (κ3) is 1.75. The summed E-state index contributed by atoms with van der Waals surface area (Å²) in [4.78, 5) is 10.9. The summed E-state index contributed by atoms with van der Waals surface area (Å²) >= 11 is 0. The molecule has 0 heterocycles. The van der Waals surface area contributed by atoms with Crippen molar-refractivity contribution in [1.82, 2.24) is 0 Å². The maximum absolute atomic E-state index is 12.9. The molecule has 0 spiro atoms. The number of hydrogen-bond acceptors (Lipinski definition) is 2. The number of halogens is 5. The summed E-state index contributed by atoms with van der Waals surface area (Å²) in [5.41, 5.74) is -1.66. The fourth-order valence-electron chi connectivity index (χ4n) is 0.919. The first-order valence-electron chi connectivity index (χ1n) is 3.75. The Balaban J connectivity index is 3.51. The van der Waals surface area contributed by atoms with Crippen LogP contribution in [0.25, 0.3) is 0 Å². The van der Waals surface area contributed by atoms with Crippen LogP contribution in [0.15, 0.2) is 12.8 Å². The van der Waals surface area contributed by atoms with Gasteiger partial charge in [0.25, 0.3) is 0 Å². The highest BCUT2D eigenvalue weighted by atomic mass is 19.2. The number of carbonyl (C=O) groups excluding carboxylic acids is 1. The van der Waals surface area contributed by atoms with E-state index in [9.17, 15) is 26.7 Å². The molecule has 0 atom stereocenters. The first kappa shape index (κ1) is 12.2. The highest BCUT2D eigenvalue weighted by Crippen LogP contribution is 2.23. The first-order chi connectivity index (χ1) is 7.41. The van der Waals surface area contributed by atoms with Crippen molar-refractivity contribution in [2.24, 2.45) is 0 Å². The Labute approximate surface area is 85.9 Å². The van der Waals surface area contributed by atoms with Crippen LogP contribution in [-0.4, -0.2) is 5.97 Å². The first-order valence-corrected chi connectivity index (χ1v) is 3.75. The Morgan fingerprint density at radius 2 is 1.31 bits per heavy atom. The molecule has 0 saturated heterocycles. The molecule has 2 nitrogen and oxygen atoms in total. The topological polar surface area (TPSA) is 26.3 Å². The third-order valence-electron chi connectivity index (χ3n) is 1.60. The summed E-state index contributed by atoms with van der Waals surface area (Å²) in [5, 5.41) is 0. The zero-order valence-electron chi connectivity index (χ0n) is 7.49. The lowest BCUT2D eigenvalue weighted by Crippen LogP contribution is -2.13. The Bertz CT molecular complexity index is 440. The van der Waals surface area contributed by atoms with E-state index >= 15 is 0 Å². The van der Waals surface area contributed by atoms with Gasteiger partial charge in [0.05, 0.1) is 6.26 Å². The lowest BCUT2D eigenvalue weighted by molar-refractivity contribution is 0.0650. The zero-order valence-corrected chi connectivity index (χ0v) is 7.49. The molecule has 0 aliphatic rings. The molecule has 0 amide bonds. The molecule has 1 rings (SSSR count). The second kappa shape index (κ2) is 4.30. The molecular weight excluding hydrogens is 235 g/mol. The quantitative estimate of drug-likeness (QED) is 0.260. The fraction of sp³-hybridized carbons (Fsp3) is 0. The van der Waals surface area contributed by atoms with Gasteiger partial charge in [0.15, 0.2) is 23.3 Å². The van der Waals surface area contributed by atoms with Gasteiger partial charge < -0.3 is 4.74 Å². The number of hydrogen-bond donors (Lipinski definition) is 0. The number of rotatable bonds is 2. The Kier molecular flexibility index (Phi) is 3.26. The van der Waals surface area contributed by atoms with Crippen LogP contribution in [0, 0.1) is 29.1 Å². The standard InChI is InChI=1S/C9H3F5O2/c1-2-16-9(15)3-4(10)6(12)8(14)7(13)5(3)11/h2H,1H2. The molecule has 0 saturated carbocycles. The van der Waals surface area contributed by atoms with Crippen LogP contribution in [0.3, 0.4) is 0 Å². The predicted octanol–water partition coefficient (Wildman–Crippen LogP) is 2.68. The summed E-state index contributed by atoms with van der Waals surface area (Å²) in [6, 6.07) is 0. The van der Waals surface area contributed by atoms with Crippen molar-refractivity contribution in [2.75, 3.05) is 0 Å². The lowest BCUT2D eigenvalue weighted by atomic mass is 10.1. The van der Waals surface area contributed by atoms with Gasteiger partial charge in [-0.25, -0.2) is 26.7 Å². The molecule has 0 radical (unpaired) electrons. The van der Waals surface area contributed by atoms with E-state index in [2.05, 4.69) is 11.3 Å². The van der Waals surface area contributed by atoms with E-state index in [-0.39, 0.29) is 0 Å². The SMILES string of the molecule is C=COC(=O)c1c(F)c(F)c(F)c(F)c1F. The van der Waals surface area contributed by atoms with Crippen molar-refractivity contribution in [3.05, 3.63) is 47.5 Å². The molecule has 0 N–H and O–H groups in total. The molecule has 16 heavy (non-hydrogen) atoms. The average molecular weight is 238 g/mol. The van der Waals surface area contributed by atoms with Crippen molar-refractivity contribution in [2.45, 2.75) is 0 Å². The summed E-state index contributed by atoms with van der Waals surface area (Å²) in [5.74, 6) is -13.0. The molecule has 0 aliphatic carbocycles. The van der Waals surface area contributed by atoms with Gasteiger partial charge in [0, 0.05) is 0 Å². The Morgan fingerprint density at radius 1 is 0.938 bits per heavy atom. The molecule has 0 fully saturated rings. The minimum absolute atomic E-state index is 0.500. The maximum Gasteiger partial charge on any atom is 0.349 e. The zero-order chi connectivity index (χ0) is 12.5. The van der Waals surface area contributed by atoms with Crippen molar-refractivity contribution in [3.63, 3.8) is 0 Å². The summed E-state index contributed by atoms with van der Waals surface area (Å²) in [6.45, 7) is 2.90. The second-order valence-corrected chi connectivity index (χ2v) is 2.52. The molecule has 1 aromatic carbocycles. The highest BCUT2D eigenvalue weighted by Gasteiger charge is 2.30. The average Bonchev–Trinajstić information content (AvgIpc) is 2.24. The minimum Gasteiger partial charge on any atom is -0.431 e. The molecule has 0 bridgehead atoms. The number of esters is 1. The van der Waals surface area contributed by atoms with Crippen LogP contribution in [0.5, 0.6) is 0 Å². The number of benzene rings is 1.